The predicted molar refractivity (Wildman–Crippen MR) is 233 cm³/mol. The number of carbonyl (C=O) groups is 3. The standard InChI is InChI=1S/C46H50F5N11O5/c47-33-23-58(16-14-35(33)66-19-2-4-27-3-1-5-30-39(31-12-13-38(63)55-45(31)64)57-62(41(27)30)29-10-11-29)22-26-6-8-28(9-7-26)61-24-34(40(56-61)43(50)51)53-46(65)32-21-52-60-17-15-37(54-44(32)60)59-18-20-67-36(25-59)42(48)49/h1,3,5,15,17,21,24,26,28-29,31,33,35-36,42-43H,6-14,16,18-20,22-23,25H2,(H,53,65)(H,55,63,64)/t26?,28?,31?,33-,35+,36+/m1/s1. The van der Waals surface area contributed by atoms with Gasteiger partial charge in [0.15, 0.2) is 11.3 Å². The Morgan fingerprint density at radius 2 is 1.81 bits per heavy atom. The van der Waals surface area contributed by atoms with E-state index < -0.39 is 48.7 Å². The number of fused-ring (bicyclic) bond motifs is 2. The van der Waals surface area contributed by atoms with Crippen molar-refractivity contribution < 1.29 is 45.8 Å². The summed E-state index contributed by atoms with van der Waals surface area (Å²) in [5, 5.41) is 19.1. The van der Waals surface area contributed by atoms with Gasteiger partial charge in [-0.05, 0) is 69.4 Å². The Kier molecular flexibility index (Phi) is 12.7. The quantitative estimate of drug-likeness (QED) is 0.0856. The van der Waals surface area contributed by atoms with Gasteiger partial charge in [0.1, 0.15) is 30.3 Å². The van der Waals surface area contributed by atoms with Gasteiger partial charge in [-0.25, -0.2) is 31.5 Å². The molecule has 0 bridgehead atoms. The van der Waals surface area contributed by atoms with Crippen LogP contribution in [0.25, 0.3) is 16.6 Å². The largest absolute Gasteiger partial charge is 0.369 e. The van der Waals surface area contributed by atoms with Crippen molar-refractivity contribution in [3.63, 3.8) is 0 Å². The van der Waals surface area contributed by atoms with Crippen molar-refractivity contribution in [3.05, 3.63) is 65.4 Å². The number of morpholine rings is 1. The minimum absolute atomic E-state index is 0.0141. The highest BCUT2D eigenvalue weighted by atomic mass is 19.3. The first-order valence-electron chi connectivity index (χ1n) is 23.0. The summed E-state index contributed by atoms with van der Waals surface area (Å²) in [5.41, 5.74) is 1.72. The first kappa shape index (κ1) is 44.8. The average molecular weight is 932 g/mol. The molecule has 4 aromatic heterocycles. The van der Waals surface area contributed by atoms with Crippen LogP contribution in [0.4, 0.5) is 33.5 Å². The van der Waals surface area contributed by atoms with Crippen molar-refractivity contribution in [2.45, 2.75) is 107 Å². The lowest BCUT2D eigenvalue weighted by Gasteiger charge is -2.38. The molecule has 5 aliphatic rings. The van der Waals surface area contributed by atoms with Crippen LogP contribution in [0.15, 0.2) is 42.9 Å². The molecule has 2 saturated carbocycles. The van der Waals surface area contributed by atoms with Gasteiger partial charge < -0.3 is 19.7 Å². The topological polar surface area (TPSA) is 166 Å². The molecule has 10 rings (SSSR count). The number of alkyl halides is 5. The predicted octanol–water partition coefficient (Wildman–Crippen LogP) is 6.00. The number of imide groups is 1. The van der Waals surface area contributed by atoms with Crippen LogP contribution in [-0.4, -0.2) is 128 Å². The van der Waals surface area contributed by atoms with Gasteiger partial charge in [0.25, 0.3) is 18.8 Å². The fraction of sp³-hybridized carbons (Fsp3) is 0.543. The minimum atomic E-state index is -2.96. The van der Waals surface area contributed by atoms with Gasteiger partial charge in [0.05, 0.1) is 65.9 Å². The van der Waals surface area contributed by atoms with E-state index in [4.69, 9.17) is 14.6 Å². The number of benzene rings is 1. The van der Waals surface area contributed by atoms with Gasteiger partial charge in [0.2, 0.25) is 11.8 Å². The Hall–Kier alpha value is -5.98. The van der Waals surface area contributed by atoms with E-state index in [9.17, 15) is 31.9 Å². The lowest BCUT2D eigenvalue weighted by atomic mass is 9.85. The Labute approximate surface area is 381 Å². The van der Waals surface area contributed by atoms with Crippen LogP contribution in [0.1, 0.15) is 110 Å². The second-order valence-electron chi connectivity index (χ2n) is 18.1. The van der Waals surface area contributed by atoms with Crippen molar-refractivity contribution in [3.8, 4) is 11.8 Å². The number of hydrogen-bond acceptors (Lipinski definition) is 11. The van der Waals surface area contributed by atoms with E-state index in [1.54, 1.807) is 17.2 Å². The van der Waals surface area contributed by atoms with Crippen molar-refractivity contribution in [1.29, 1.82) is 0 Å². The molecule has 67 heavy (non-hydrogen) atoms. The summed E-state index contributed by atoms with van der Waals surface area (Å²) in [6, 6.07) is 7.38. The summed E-state index contributed by atoms with van der Waals surface area (Å²) in [7, 11) is 0. The van der Waals surface area contributed by atoms with Gasteiger partial charge in [-0.2, -0.15) is 15.3 Å². The Bertz CT molecular complexity index is 2720. The number of carbonyl (C=O) groups excluding carboxylic acids is 3. The molecule has 21 heteroatoms. The third kappa shape index (κ3) is 9.48. The monoisotopic (exact) mass is 931 g/mol. The Morgan fingerprint density at radius 3 is 2.57 bits per heavy atom. The molecule has 3 aliphatic heterocycles. The molecule has 5 aromatic rings. The van der Waals surface area contributed by atoms with Crippen LogP contribution in [0.3, 0.4) is 0 Å². The fourth-order valence-corrected chi connectivity index (χ4v) is 9.92. The zero-order chi connectivity index (χ0) is 46.3. The van der Waals surface area contributed by atoms with E-state index >= 15 is 4.39 Å². The first-order valence-corrected chi connectivity index (χ1v) is 23.0. The van der Waals surface area contributed by atoms with E-state index in [1.807, 2.05) is 22.9 Å². The maximum absolute atomic E-state index is 15.6. The van der Waals surface area contributed by atoms with E-state index in [0.29, 0.717) is 56.8 Å². The molecule has 2 aliphatic carbocycles. The molecule has 4 atom stereocenters. The van der Waals surface area contributed by atoms with Crippen molar-refractivity contribution in [2.24, 2.45) is 5.92 Å². The average Bonchev–Trinajstić information content (AvgIpc) is 3.74. The third-order valence-electron chi connectivity index (χ3n) is 13.6. The summed E-state index contributed by atoms with van der Waals surface area (Å²) in [4.78, 5) is 46.3. The normalized spacial score (nSPS) is 25.2. The number of aromatic nitrogens is 7. The number of piperidine rings is 2. The Morgan fingerprint density at radius 1 is 0.985 bits per heavy atom. The number of rotatable bonds is 12. The highest BCUT2D eigenvalue weighted by molar-refractivity contribution is 6.08. The molecule has 3 saturated heterocycles. The number of amides is 3. The summed E-state index contributed by atoms with van der Waals surface area (Å²) in [6.45, 7) is 1.97. The molecule has 0 radical (unpaired) electrons. The van der Waals surface area contributed by atoms with E-state index in [0.717, 1.165) is 42.1 Å². The van der Waals surface area contributed by atoms with Crippen LogP contribution < -0.4 is 15.5 Å². The number of ether oxygens (including phenoxy) is 2. The molecule has 354 valence electrons. The number of halogens is 5. The lowest BCUT2D eigenvalue weighted by Crippen LogP contribution is -2.47. The molecular formula is C46H50F5N11O5. The van der Waals surface area contributed by atoms with Crippen molar-refractivity contribution in [2.75, 3.05) is 56.2 Å². The van der Waals surface area contributed by atoms with Gasteiger partial charge in [-0.1, -0.05) is 24.0 Å². The SMILES string of the molecule is O=C1CCC(c2nn(C3CC3)c3c(C#CCO[C@H]4CCN(CC5CCC(n6cc(NC(=O)c7cnn8ccc(N9CCO[C@H](C(F)F)C9)nc78)c(C(F)F)n6)CC5)C[C@H]4F)cccc23)C(=O)N1. The van der Waals surface area contributed by atoms with Crippen LogP contribution >= 0.6 is 0 Å². The molecule has 2 N–H and O–H groups in total. The van der Waals surface area contributed by atoms with Crippen LogP contribution in [0, 0.1) is 17.8 Å². The maximum atomic E-state index is 15.6. The summed E-state index contributed by atoms with van der Waals surface area (Å²) in [5.74, 6) is 5.08. The summed E-state index contributed by atoms with van der Waals surface area (Å²) < 4.78 is 86.8. The maximum Gasteiger partial charge on any atom is 0.284 e. The highest BCUT2D eigenvalue weighted by Crippen LogP contribution is 2.41. The number of nitrogens with one attached hydrogen (secondary N) is 2. The van der Waals surface area contributed by atoms with E-state index in [2.05, 4.69) is 42.6 Å². The first-order chi connectivity index (χ1) is 32.5. The number of para-hydroxylation sites is 1. The third-order valence-corrected chi connectivity index (χ3v) is 13.6. The second-order valence-corrected chi connectivity index (χ2v) is 18.1. The minimum Gasteiger partial charge on any atom is -0.369 e. The second kappa shape index (κ2) is 19.0. The van der Waals surface area contributed by atoms with E-state index in [1.165, 1.54) is 21.6 Å². The van der Waals surface area contributed by atoms with E-state index in [-0.39, 0.29) is 79.4 Å². The molecule has 5 fully saturated rings. The highest BCUT2D eigenvalue weighted by Gasteiger charge is 2.37. The van der Waals surface area contributed by atoms with Crippen molar-refractivity contribution >= 4 is 45.8 Å². The molecule has 1 unspecified atom stereocenters. The Balaban J connectivity index is 0.712. The van der Waals surface area contributed by atoms with Crippen LogP contribution in [0.5, 0.6) is 0 Å². The lowest BCUT2D eigenvalue weighted by molar-refractivity contribution is -0.134. The summed E-state index contributed by atoms with van der Waals surface area (Å²) in [6.07, 6.45) is 1.61. The van der Waals surface area contributed by atoms with Crippen molar-refractivity contribution in [1.82, 2.24) is 44.4 Å². The molecule has 0 spiro atoms. The molecule has 1 aromatic carbocycles. The van der Waals surface area contributed by atoms with Gasteiger partial charge in [-0.15, -0.1) is 0 Å². The zero-order valence-electron chi connectivity index (χ0n) is 36.5. The summed E-state index contributed by atoms with van der Waals surface area (Å²) >= 11 is 0. The fourth-order valence-electron chi connectivity index (χ4n) is 9.92. The molecule has 3 amide bonds. The van der Waals surface area contributed by atoms with Crippen LogP contribution in [0.2, 0.25) is 0 Å². The van der Waals surface area contributed by atoms with Gasteiger partial charge in [-0.3, -0.25) is 34.0 Å². The number of likely N-dealkylation sites (tertiary alicyclic amines) is 1. The number of hydrogen-bond donors (Lipinski definition) is 2. The smallest absolute Gasteiger partial charge is 0.284 e. The number of anilines is 2. The van der Waals surface area contributed by atoms with Gasteiger partial charge >= 0.3 is 0 Å². The van der Waals surface area contributed by atoms with Gasteiger partial charge in [0, 0.05) is 50.4 Å². The molecule has 7 heterocycles. The molecular weight excluding hydrogens is 882 g/mol. The number of nitrogens with zero attached hydrogens (tertiary/aromatic N) is 9. The molecule has 16 nitrogen and oxygen atoms in total. The zero-order valence-corrected chi connectivity index (χ0v) is 36.5. The van der Waals surface area contributed by atoms with Crippen LogP contribution in [-0.2, 0) is 19.1 Å².